The van der Waals surface area contributed by atoms with Crippen LogP contribution in [0.2, 0.25) is 10.0 Å². The van der Waals surface area contributed by atoms with Crippen molar-refractivity contribution in [1.29, 1.82) is 0 Å². The second-order valence-corrected chi connectivity index (χ2v) is 4.83. The van der Waals surface area contributed by atoms with Crippen molar-refractivity contribution >= 4 is 41.2 Å². The molecular formula is C14H13Cl2NO3. The van der Waals surface area contributed by atoms with Crippen LogP contribution >= 0.6 is 23.2 Å². The number of carboxylic acids is 1. The summed E-state index contributed by atoms with van der Waals surface area (Å²) in [5, 5.41) is 12.1. The molecular weight excluding hydrogens is 301 g/mol. The fraction of sp³-hybridized carbons (Fsp3) is 0.143. The minimum Gasteiger partial charge on any atom is -0.480 e. The monoisotopic (exact) mass is 313 g/mol. The third-order valence-electron chi connectivity index (χ3n) is 2.33. The van der Waals surface area contributed by atoms with E-state index in [1.54, 1.807) is 18.2 Å². The second kappa shape index (κ2) is 7.72. The van der Waals surface area contributed by atoms with Gasteiger partial charge in [0, 0.05) is 16.1 Å². The molecule has 0 bridgehead atoms. The average molecular weight is 314 g/mol. The van der Waals surface area contributed by atoms with Gasteiger partial charge in [0.2, 0.25) is 5.91 Å². The summed E-state index contributed by atoms with van der Waals surface area (Å²) in [5.41, 5.74) is 0.647. The maximum atomic E-state index is 11.6. The molecule has 0 aliphatic rings. The van der Waals surface area contributed by atoms with Crippen molar-refractivity contribution in [2.45, 2.75) is 12.5 Å². The molecule has 0 aliphatic carbocycles. The van der Waals surface area contributed by atoms with Crippen LogP contribution in [0, 0.1) is 0 Å². The second-order valence-electron chi connectivity index (χ2n) is 3.96. The zero-order valence-corrected chi connectivity index (χ0v) is 12.0. The molecule has 20 heavy (non-hydrogen) atoms. The summed E-state index contributed by atoms with van der Waals surface area (Å²) in [6.07, 6.45) is 4.30. The van der Waals surface area contributed by atoms with Crippen molar-refractivity contribution in [2.24, 2.45) is 0 Å². The third kappa shape index (κ3) is 5.47. The van der Waals surface area contributed by atoms with Crippen molar-refractivity contribution in [2.75, 3.05) is 0 Å². The van der Waals surface area contributed by atoms with Gasteiger partial charge in [-0.2, -0.15) is 0 Å². The lowest BCUT2D eigenvalue weighted by Crippen LogP contribution is -2.39. The smallest absolute Gasteiger partial charge is 0.326 e. The van der Waals surface area contributed by atoms with Crippen LogP contribution in [0.1, 0.15) is 12.0 Å². The molecule has 0 radical (unpaired) electrons. The van der Waals surface area contributed by atoms with Gasteiger partial charge in [0.05, 0.1) is 0 Å². The number of carboxylic acid groups (broad SMARTS) is 1. The molecule has 0 saturated heterocycles. The third-order valence-corrected chi connectivity index (χ3v) is 2.77. The van der Waals surface area contributed by atoms with E-state index in [9.17, 15) is 9.59 Å². The van der Waals surface area contributed by atoms with E-state index in [0.717, 1.165) is 0 Å². The molecule has 6 heteroatoms. The SMILES string of the molecule is C=CCC(NC(=O)/C=C/c1cc(Cl)cc(Cl)c1)C(=O)O. The van der Waals surface area contributed by atoms with E-state index in [0.29, 0.717) is 15.6 Å². The number of hydrogen-bond acceptors (Lipinski definition) is 2. The highest BCUT2D eigenvalue weighted by molar-refractivity contribution is 6.34. The van der Waals surface area contributed by atoms with Crippen LogP contribution in [-0.2, 0) is 9.59 Å². The Morgan fingerprint density at radius 2 is 1.90 bits per heavy atom. The summed E-state index contributed by atoms with van der Waals surface area (Å²) >= 11 is 11.6. The van der Waals surface area contributed by atoms with E-state index in [2.05, 4.69) is 11.9 Å². The number of nitrogens with one attached hydrogen (secondary N) is 1. The van der Waals surface area contributed by atoms with Crippen molar-refractivity contribution < 1.29 is 14.7 Å². The Morgan fingerprint density at radius 3 is 2.40 bits per heavy atom. The molecule has 1 aromatic rings. The van der Waals surface area contributed by atoms with Crippen LogP contribution in [0.4, 0.5) is 0 Å². The number of aliphatic carboxylic acids is 1. The highest BCUT2D eigenvalue weighted by atomic mass is 35.5. The van der Waals surface area contributed by atoms with Gasteiger partial charge in [-0.3, -0.25) is 4.79 Å². The van der Waals surface area contributed by atoms with E-state index in [-0.39, 0.29) is 6.42 Å². The van der Waals surface area contributed by atoms with Crippen LogP contribution in [-0.4, -0.2) is 23.0 Å². The normalized spacial score (nSPS) is 12.1. The number of rotatable bonds is 6. The predicted molar refractivity (Wildman–Crippen MR) is 79.9 cm³/mol. The molecule has 4 nitrogen and oxygen atoms in total. The number of amides is 1. The molecule has 1 unspecified atom stereocenters. The van der Waals surface area contributed by atoms with E-state index in [1.165, 1.54) is 18.2 Å². The zero-order valence-electron chi connectivity index (χ0n) is 10.5. The van der Waals surface area contributed by atoms with E-state index in [1.807, 2.05) is 0 Å². The summed E-state index contributed by atoms with van der Waals surface area (Å²) in [6.45, 7) is 3.44. The standard InChI is InChI=1S/C14H13Cl2NO3/c1-2-3-12(14(19)20)17-13(18)5-4-9-6-10(15)8-11(16)7-9/h2,4-8,12H,1,3H2,(H,17,18)(H,19,20)/b5-4+. The first kappa shape index (κ1) is 16.3. The topological polar surface area (TPSA) is 66.4 Å². The number of carbonyl (C=O) groups excluding carboxylic acids is 1. The average Bonchev–Trinajstić information content (AvgIpc) is 2.34. The molecule has 0 aromatic heterocycles. The Hall–Kier alpha value is -1.78. The molecule has 1 rings (SSSR count). The number of halogens is 2. The summed E-state index contributed by atoms with van der Waals surface area (Å²) in [7, 11) is 0. The summed E-state index contributed by atoms with van der Waals surface area (Å²) in [6, 6.07) is 3.85. The molecule has 106 valence electrons. The molecule has 1 aromatic carbocycles. The van der Waals surface area contributed by atoms with Gasteiger partial charge >= 0.3 is 5.97 Å². The molecule has 2 N–H and O–H groups in total. The van der Waals surface area contributed by atoms with Gasteiger partial charge < -0.3 is 10.4 Å². The molecule has 1 amide bonds. The van der Waals surface area contributed by atoms with Crippen LogP contribution in [0.15, 0.2) is 36.9 Å². The first-order valence-corrected chi connectivity index (χ1v) is 6.46. The lowest BCUT2D eigenvalue weighted by molar-refractivity contribution is -0.141. The molecule has 0 spiro atoms. The first-order chi connectivity index (χ1) is 9.42. The summed E-state index contributed by atoms with van der Waals surface area (Å²) in [4.78, 5) is 22.5. The number of benzene rings is 1. The van der Waals surface area contributed by atoms with E-state index < -0.39 is 17.9 Å². The minimum absolute atomic E-state index is 0.151. The van der Waals surface area contributed by atoms with Gasteiger partial charge in [0.25, 0.3) is 0 Å². The Morgan fingerprint density at radius 1 is 1.30 bits per heavy atom. The molecule has 1 atom stereocenters. The maximum absolute atomic E-state index is 11.6. The van der Waals surface area contributed by atoms with Crippen molar-refractivity contribution in [3.63, 3.8) is 0 Å². The molecule has 0 fully saturated rings. The molecule has 0 aliphatic heterocycles. The summed E-state index contributed by atoms with van der Waals surface area (Å²) in [5.74, 6) is -1.63. The molecule has 0 saturated carbocycles. The Bertz CT molecular complexity index is 535. The maximum Gasteiger partial charge on any atom is 0.326 e. The lowest BCUT2D eigenvalue weighted by atomic mass is 10.2. The van der Waals surface area contributed by atoms with Crippen molar-refractivity contribution in [3.8, 4) is 0 Å². The quantitative estimate of drug-likeness (QED) is 0.626. The fourth-order valence-corrected chi connectivity index (χ4v) is 1.99. The van der Waals surface area contributed by atoms with Crippen LogP contribution in [0.25, 0.3) is 6.08 Å². The van der Waals surface area contributed by atoms with Crippen molar-refractivity contribution in [3.05, 3.63) is 52.5 Å². The highest BCUT2D eigenvalue weighted by Gasteiger charge is 2.16. The van der Waals surface area contributed by atoms with Gasteiger partial charge in [-0.05, 0) is 36.3 Å². The lowest BCUT2D eigenvalue weighted by Gasteiger charge is -2.10. The zero-order chi connectivity index (χ0) is 15.1. The van der Waals surface area contributed by atoms with Crippen LogP contribution in [0.3, 0.4) is 0 Å². The van der Waals surface area contributed by atoms with Gasteiger partial charge in [-0.25, -0.2) is 4.79 Å². The Labute approximate surface area is 126 Å². The fourth-order valence-electron chi connectivity index (χ4n) is 1.45. The molecule has 0 heterocycles. The Kier molecular flexibility index (Phi) is 6.28. The highest BCUT2D eigenvalue weighted by Crippen LogP contribution is 2.19. The van der Waals surface area contributed by atoms with Crippen molar-refractivity contribution in [1.82, 2.24) is 5.32 Å². The van der Waals surface area contributed by atoms with E-state index >= 15 is 0 Å². The largest absolute Gasteiger partial charge is 0.480 e. The van der Waals surface area contributed by atoms with Gasteiger partial charge in [-0.1, -0.05) is 29.3 Å². The first-order valence-electron chi connectivity index (χ1n) is 5.70. The van der Waals surface area contributed by atoms with Crippen LogP contribution in [0.5, 0.6) is 0 Å². The summed E-state index contributed by atoms with van der Waals surface area (Å²) < 4.78 is 0. The van der Waals surface area contributed by atoms with Gasteiger partial charge in [0.15, 0.2) is 0 Å². The number of hydrogen-bond donors (Lipinski definition) is 2. The Balaban J connectivity index is 2.71. The van der Waals surface area contributed by atoms with Gasteiger partial charge in [-0.15, -0.1) is 6.58 Å². The van der Waals surface area contributed by atoms with Crippen LogP contribution < -0.4 is 5.32 Å². The van der Waals surface area contributed by atoms with Gasteiger partial charge in [0.1, 0.15) is 6.04 Å². The van der Waals surface area contributed by atoms with E-state index in [4.69, 9.17) is 28.3 Å². The predicted octanol–water partition coefficient (Wildman–Crippen LogP) is 3.15. The number of carbonyl (C=O) groups is 2. The minimum atomic E-state index is -1.11.